The van der Waals surface area contributed by atoms with Gasteiger partial charge in [-0.05, 0) is 54.3 Å². The average Bonchev–Trinajstić information content (AvgIpc) is 2.99. The maximum Gasteiger partial charge on any atom is 0.240 e. The van der Waals surface area contributed by atoms with Gasteiger partial charge in [0, 0.05) is 10.5 Å². The van der Waals surface area contributed by atoms with Gasteiger partial charge in [0.1, 0.15) is 0 Å². The lowest BCUT2D eigenvalue weighted by atomic mass is 10.0. The number of aryl methyl sites for hydroxylation is 1. The number of aromatic nitrogens is 2. The Labute approximate surface area is 144 Å². The lowest BCUT2D eigenvalue weighted by Crippen LogP contribution is -1.87. The van der Waals surface area contributed by atoms with E-state index in [1.807, 2.05) is 36.4 Å². The molecule has 0 spiro atoms. The molecule has 0 fully saturated rings. The number of rotatable bonds is 4. The summed E-state index contributed by atoms with van der Waals surface area (Å²) in [6.07, 6.45) is 4.51. The first kappa shape index (κ1) is 15.7. The summed E-state index contributed by atoms with van der Waals surface area (Å²) in [5, 5.41) is 8.19. The molecular weight excluding hydrogens is 352 g/mol. The molecule has 0 atom stereocenters. The van der Waals surface area contributed by atoms with E-state index in [2.05, 4.69) is 58.2 Å². The van der Waals surface area contributed by atoms with Crippen molar-refractivity contribution in [3.63, 3.8) is 0 Å². The molecular formula is C19H17BrN2O. The second-order valence-electron chi connectivity index (χ2n) is 5.46. The Hall–Kier alpha value is -2.20. The van der Waals surface area contributed by atoms with Crippen LogP contribution in [0.2, 0.25) is 0 Å². The third-order valence-corrected chi connectivity index (χ3v) is 4.33. The standard InChI is InChI=1S/C19H17BrN2O/c1-13-4-3-5-16(14(13)2)8-11-18-21-22-19(23-18)12-15-6-9-17(20)10-7-15/h3-11H,12H2,1-2H3/b11-8+. The highest BCUT2D eigenvalue weighted by atomic mass is 79.9. The van der Waals surface area contributed by atoms with E-state index >= 15 is 0 Å². The molecule has 0 aliphatic rings. The van der Waals surface area contributed by atoms with Crippen molar-refractivity contribution in [2.45, 2.75) is 20.3 Å². The first-order chi connectivity index (χ1) is 11.1. The van der Waals surface area contributed by atoms with E-state index in [0.29, 0.717) is 18.2 Å². The molecule has 0 saturated heterocycles. The quantitative estimate of drug-likeness (QED) is 0.634. The minimum atomic E-state index is 0.526. The topological polar surface area (TPSA) is 38.9 Å². The van der Waals surface area contributed by atoms with E-state index in [-0.39, 0.29) is 0 Å². The summed E-state index contributed by atoms with van der Waals surface area (Å²) < 4.78 is 6.75. The fourth-order valence-electron chi connectivity index (χ4n) is 2.30. The van der Waals surface area contributed by atoms with Crippen LogP contribution in [0.15, 0.2) is 51.4 Å². The van der Waals surface area contributed by atoms with E-state index in [9.17, 15) is 0 Å². The third kappa shape index (κ3) is 3.96. The highest BCUT2D eigenvalue weighted by molar-refractivity contribution is 9.10. The van der Waals surface area contributed by atoms with Gasteiger partial charge >= 0.3 is 0 Å². The highest BCUT2D eigenvalue weighted by Crippen LogP contribution is 2.17. The monoisotopic (exact) mass is 368 g/mol. The van der Waals surface area contributed by atoms with Crippen molar-refractivity contribution in [2.75, 3.05) is 0 Å². The zero-order valence-corrected chi connectivity index (χ0v) is 14.7. The molecule has 0 N–H and O–H groups in total. The van der Waals surface area contributed by atoms with Crippen molar-refractivity contribution < 1.29 is 4.42 Å². The normalized spacial score (nSPS) is 11.3. The number of nitrogens with zero attached hydrogens (tertiary/aromatic N) is 2. The Balaban J connectivity index is 1.73. The zero-order chi connectivity index (χ0) is 16.2. The summed E-state index contributed by atoms with van der Waals surface area (Å²) in [7, 11) is 0. The van der Waals surface area contributed by atoms with Crippen LogP contribution < -0.4 is 0 Å². The molecule has 1 aromatic heterocycles. The lowest BCUT2D eigenvalue weighted by Gasteiger charge is -2.02. The van der Waals surface area contributed by atoms with E-state index in [1.165, 1.54) is 11.1 Å². The van der Waals surface area contributed by atoms with Gasteiger partial charge in [0.2, 0.25) is 11.8 Å². The van der Waals surface area contributed by atoms with Gasteiger partial charge in [-0.25, -0.2) is 0 Å². The van der Waals surface area contributed by atoms with E-state index in [4.69, 9.17) is 4.42 Å². The van der Waals surface area contributed by atoms with E-state index in [1.54, 1.807) is 0 Å². The SMILES string of the molecule is Cc1cccc(/C=C/c2nnc(Cc3ccc(Br)cc3)o2)c1C. The molecule has 4 heteroatoms. The van der Waals surface area contributed by atoms with Gasteiger partial charge in [0.15, 0.2) is 0 Å². The fraction of sp³-hybridized carbons (Fsp3) is 0.158. The molecule has 2 aromatic carbocycles. The number of hydrogen-bond acceptors (Lipinski definition) is 3. The fourth-order valence-corrected chi connectivity index (χ4v) is 2.56. The first-order valence-electron chi connectivity index (χ1n) is 7.43. The van der Waals surface area contributed by atoms with Gasteiger partial charge in [-0.1, -0.05) is 46.3 Å². The minimum absolute atomic E-state index is 0.526. The molecule has 3 rings (SSSR count). The predicted molar refractivity (Wildman–Crippen MR) is 96.1 cm³/mol. The summed E-state index contributed by atoms with van der Waals surface area (Å²) in [5.41, 5.74) is 4.84. The van der Waals surface area contributed by atoms with Crippen LogP contribution in [0.4, 0.5) is 0 Å². The van der Waals surface area contributed by atoms with Gasteiger partial charge in [0.25, 0.3) is 0 Å². The van der Waals surface area contributed by atoms with Crippen molar-refractivity contribution in [3.05, 3.63) is 81.0 Å². The maximum absolute atomic E-state index is 5.69. The van der Waals surface area contributed by atoms with Gasteiger partial charge in [0.05, 0.1) is 6.42 Å². The number of hydrogen-bond donors (Lipinski definition) is 0. The van der Waals surface area contributed by atoms with Gasteiger partial charge in [-0.2, -0.15) is 0 Å². The summed E-state index contributed by atoms with van der Waals surface area (Å²) in [6, 6.07) is 14.3. The summed E-state index contributed by atoms with van der Waals surface area (Å²) in [6.45, 7) is 4.22. The third-order valence-electron chi connectivity index (χ3n) is 3.80. The van der Waals surface area contributed by atoms with Gasteiger partial charge < -0.3 is 4.42 Å². The van der Waals surface area contributed by atoms with Crippen molar-refractivity contribution in [3.8, 4) is 0 Å². The van der Waals surface area contributed by atoms with Crippen LogP contribution in [0.3, 0.4) is 0 Å². The smallest absolute Gasteiger partial charge is 0.240 e. The molecule has 3 nitrogen and oxygen atoms in total. The summed E-state index contributed by atoms with van der Waals surface area (Å²) in [5.74, 6) is 1.14. The summed E-state index contributed by atoms with van der Waals surface area (Å²) in [4.78, 5) is 0. The average molecular weight is 369 g/mol. The minimum Gasteiger partial charge on any atom is -0.421 e. The first-order valence-corrected chi connectivity index (χ1v) is 8.22. The van der Waals surface area contributed by atoms with Gasteiger partial charge in [-0.3, -0.25) is 0 Å². The van der Waals surface area contributed by atoms with Crippen LogP contribution in [-0.4, -0.2) is 10.2 Å². The van der Waals surface area contributed by atoms with E-state index < -0.39 is 0 Å². The molecule has 0 saturated carbocycles. The van der Waals surface area contributed by atoms with E-state index in [0.717, 1.165) is 15.6 Å². The Morgan fingerprint density at radius 3 is 2.57 bits per heavy atom. The largest absolute Gasteiger partial charge is 0.421 e. The number of halogens is 1. The molecule has 0 radical (unpaired) electrons. The van der Waals surface area contributed by atoms with Crippen LogP contribution in [0.1, 0.15) is 34.0 Å². The van der Waals surface area contributed by atoms with Crippen LogP contribution in [0, 0.1) is 13.8 Å². The second-order valence-corrected chi connectivity index (χ2v) is 6.38. The molecule has 0 amide bonds. The Morgan fingerprint density at radius 2 is 1.78 bits per heavy atom. The van der Waals surface area contributed by atoms with Gasteiger partial charge in [-0.15, -0.1) is 10.2 Å². The number of benzene rings is 2. The molecule has 116 valence electrons. The Morgan fingerprint density at radius 1 is 1.00 bits per heavy atom. The van der Waals surface area contributed by atoms with Crippen molar-refractivity contribution in [2.24, 2.45) is 0 Å². The predicted octanol–water partition coefficient (Wildman–Crippen LogP) is 5.21. The maximum atomic E-state index is 5.69. The second kappa shape index (κ2) is 6.92. The molecule has 0 unspecified atom stereocenters. The highest BCUT2D eigenvalue weighted by Gasteiger charge is 2.05. The van der Waals surface area contributed by atoms with Crippen LogP contribution in [0.25, 0.3) is 12.2 Å². The molecule has 0 aliphatic carbocycles. The molecule has 3 aromatic rings. The Bertz CT molecular complexity index is 835. The zero-order valence-electron chi connectivity index (χ0n) is 13.1. The molecule has 1 heterocycles. The van der Waals surface area contributed by atoms with Crippen molar-refractivity contribution in [1.29, 1.82) is 0 Å². The van der Waals surface area contributed by atoms with Crippen LogP contribution >= 0.6 is 15.9 Å². The Kier molecular flexibility index (Phi) is 4.72. The molecule has 0 bridgehead atoms. The van der Waals surface area contributed by atoms with Crippen LogP contribution in [0.5, 0.6) is 0 Å². The lowest BCUT2D eigenvalue weighted by molar-refractivity contribution is 0.496. The molecule has 23 heavy (non-hydrogen) atoms. The van der Waals surface area contributed by atoms with Crippen molar-refractivity contribution in [1.82, 2.24) is 10.2 Å². The molecule has 0 aliphatic heterocycles. The summed E-state index contributed by atoms with van der Waals surface area (Å²) >= 11 is 3.43. The van der Waals surface area contributed by atoms with Crippen LogP contribution in [-0.2, 0) is 6.42 Å². The van der Waals surface area contributed by atoms with Crippen molar-refractivity contribution >= 4 is 28.1 Å².